The molecule has 1 aliphatic rings. The second-order valence-corrected chi connectivity index (χ2v) is 7.75. The van der Waals surface area contributed by atoms with Gasteiger partial charge in [0.1, 0.15) is 11.2 Å². The van der Waals surface area contributed by atoms with Crippen molar-refractivity contribution in [3.8, 4) is 0 Å². The minimum atomic E-state index is -2.06. The lowest BCUT2D eigenvalue weighted by atomic mass is 10.1. The molecule has 0 aromatic heterocycles. The van der Waals surface area contributed by atoms with Crippen molar-refractivity contribution < 1.29 is 27.5 Å². The minimum absolute atomic E-state index is 0.107. The lowest BCUT2D eigenvalue weighted by molar-refractivity contribution is -0.160. The Bertz CT molecular complexity index is 437. The van der Waals surface area contributed by atoms with Crippen LogP contribution in [0, 0.1) is 0 Å². The molecule has 0 N–H and O–H groups in total. The van der Waals surface area contributed by atoms with E-state index in [0.29, 0.717) is 0 Å². The average molecular weight is 321 g/mol. The van der Waals surface area contributed by atoms with Gasteiger partial charge in [-0.25, -0.2) is 13.8 Å². The largest absolute Gasteiger partial charge is 0.458 e. The number of carbonyl (C=O) groups excluding carboxylic acids is 2. The van der Waals surface area contributed by atoms with Crippen LogP contribution in [0.5, 0.6) is 0 Å². The molecule has 1 amide bonds. The van der Waals surface area contributed by atoms with E-state index >= 15 is 0 Å². The molecule has 1 rings (SSSR count). The Morgan fingerprint density at radius 3 is 2.10 bits per heavy atom. The molecule has 1 unspecified atom stereocenters. The summed E-state index contributed by atoms with van der Waals surface area (Å²) in [5.74, 6) is -0.620. The highest BCUT2D eigenvalue weighted by Gasteiger charge is 2.42. The van der Waals surface area contributed by atoms with E-state index in [4.69, 9.17) is 13.7 Å². The number of amides is 1. The van der Waals surface area contributed by atoms with Crippen LogP contribution in [0.4, 0.5) is 4.79 Å². The van der Waals surface area contributed by atoms with Gasteiger partial charge in [-0.15, -0.1) is 0 Å². The topological polar surface area (TPSA) is 82.1 Å². The molecule has 0 spiro atoms. The number of carbonyl (C=O) groups is 2. The van der Waals surface area contributed by atoms with E-state index < -0.39 is 40.6 Å². The zero-order valence-corrected chi connectivity index (χ0v) is 14.1. The van der Waals surface area contributed by atoms with Crippen LogP contribution >= 0.6 is 0 Å². The second-order valence-electron chi connectivity index (χ2n) is 6.68. The maximum absolute atomic E-state index is 12.2. The highest BCUT2D eigenvalue weighted by molar-refractivity contribution is 7.78. The number of nitrogens with zero attached hydrogens (tertiary/aromatic N) is 1. The molecule has 122 valence electrons. The maximum Gasteiger partial charge on any atom is 0.424 e. The molecule has 2 atom stereocenters. The van der Waals surface area contributed by atoms with E-state index in [0.717, 1.165) is 4.31 Å². The Morgan fingerprint density at radius 2 is 1.62 bits per heavy atom. The first-order valence-electron chi connectivity index (χ1n) is 6.71. The van der Waals surface area contributed by atoms with Gasteiger partial charge in [-0.2, -0.15) is 4.31 Å². The highest BCUT2D eigenvalue weighted by atomic mass is 32.2. The highest BCUT2D eigenvalue weighted by Crippen LogP contribution is 2.22. The van der Waals surface area contributed by atoms with Gasteiger partial charge in [0.05, 0.1) is 6.61 Å². The molecule has 0 saturated carbocycles. The first-order chi connectivity index (χ1) is 9.41. The van der Waals surface area contributed by atoms with Gasteiger partial charge < -0.3 is 9.47 Å². The molecule has 0 bridgehead atoms. The van der Waals surface area contributed by atoms with E-state index in [1.807, 2.05) is 0 Å². The van der Waals surface area contributed by atoms with Crippen molar-refractivity contribution in [2.24, 2.45) is 0 Å². The van der Waals surface area contributed by atoms with Gasteiger partial charge in [0.25, 0.3) is 11.3 Å². The summed E-state index contributed by atoms with van der Waals surface area (Å²) in [6.45, 7) is 10.3. The van der Waals surface area contributed by atoms with Crippen molar-refractivity contribution in [3.05, 3.63) is 0 Å². The predicted molar refractivity (Wildman–Crippen MR) is 76.4 cm³/mol. The Labute approximate surface area is 127 Å². The van der Waals surface area contributed by atoms with E-state index in [9.17, 15) is 13.8 Å². The Kier molecular flexibility index (Phi) is 5.38. The van der Waals surface area contributed by atoms with Gasteiger partial charge in [0.2, 0.25) is 0 Å². The number of ether oxygens (including phenoxy) is 2. The van der Waals surface area contributed by atoms with Crippen LogP contribution in [0.2, 0.25) is 0 Å². The van der Waals surface area contributed by atoms with E-state index in [1.165, 1.54) is 0 Å². The van der Waals surface area contributed by atoms with Gasteiger partial charge >= 0.3 is 12.1 Å². The van der Waals surface area contributed by atoms with Crippen LogP contribution in [0.15, 0.2) is 0 Å². The molecular weight excluding hydrogens is 298 g/mol. The third-order valence-corrected chi connectivity index (χ3v) is 3.36. The molecule has 1 aliphatic heterocycles. The monoisotopic (exact) mass is 321 g/mol. The summed E-state index contributed by atoms with van der Waals surface area (Å²) >= 11 is -2.06. The lowest BCUT2D eigenvalue weighted by Gasteiger charge is -2.34. The molecule has 1 saturated heterocycles. The van der Waals surface area contributed by atoms with E-state index in [2.05, 4.69) is 0 Å². The Hall–Kier alpha value is -1.15. The summed E-state index contributed by atoms with van der Waals surface area (Å²) in [7, 11) is 0. The average Bonchev–Trinajstić information content (AvgIpc) is 2.23. The zero-order chi connectivity index (χ0) is 16.4. The van der Waals surface area contributed by atoms with Crippen LogP contribution in [-0.2, 0) is 29.7 Å². The number of rotatable bonds is 1. The smallest absolute Gasteiger partial charge is 0.424 e. The summed E-state index contributed by atoms with van der Waals surface area (Å²) in [6, 6.07) is -0.978. The fourth-order valence-electron chi connectivity index (χ4n) is 1.59. The van der Waals surface area contributed by atoms with Crippen molar-refractivity contribution in [3.63, 3.8) is 0 Å². The van der Waals surface area contributed by atoms with Crippen LogP contribution in [-0.4, -0.2) is 44.4 Å². The van der Waals surface area contributed by atoms with Crippen LogP contribution < -0.4 is 0 Å². The molecule has 8 heteroatoms. The molecule has 0 aliphatic carbocycles. The van der Waals surface area contributed by atoms with E-state index in [-0.39, 0.29) is 13.0 Å². The molecule has 1 fully saturated rings. The SMILES string of the molecule is CC(C)(C)OC(=O)[C@@H]1CCOS(=O)N1C(=O)OC(C)(C)C. The summed E-state index contributed by atoms with van der Waals surface area (Å²) in [4.78, 5) is 24.3. The minimum Gasteiger partial charge on any atom is -0.458 e. The van der Waals surface area contributed by atoms with Crippen LogP contribution in [0.25, 0.3) is 0 Å². The summed E-state index contributed by atoms with van der Waals surface area (Å²) < 4.78 is 28.1. The van der Waals surface area contributed by atoms with Crippen LogP contribution in [0.1, 0.15) is 48.0 Å². The molecular formula is C13H23NO6S. The molecule has 1 heterocycles. The standard InChI is InChI=1S/C13H23NO6S/c1-12(2,3)19-10(15)9-7-8-18-21(17)14(9)11(16)20-13(4,5)6/h9H,7-8H2,1-6H3/t9-,21?/m0/s1. The van der Waals surface area contributed by atoms with Gasteiger partial charge in [-0.05, 0) is 41.5 Å². The number of hydrogen-bond donors (Lipinski definition) is 0. The second kappa shape index (κ2) is 6.31. The number of esters is 1. The van der Waals surface area contributed by atoms with Gasteiger partial charge in [-0.1, -0.05) is 0 Å². The van der Waals surface area contributed by atoms with Crippen molar-refractivity contribution in [1.29, 1.82) is 0 Å². The Balaban J connectivity index is 2.91. The van der Waals surface area contributed by atoms with E-state index in [1.54, 1.807) is 41.5 Å². The molecule has 0 radical (unpaired) electrons. The van der Waals surface area contributed by atoms with Crippen molar-refractivity contribution in [1.82, 2.24) is 4.31 Å². The third kappa shape index (κ3) is 5.62. The molecule has 21 heavy (non-hydrogen) atoms. The molecule has 7 nitrogen and oxygen atoms in total. The summed E-state index contributed by atoms with van der Waals surface area (Å²) in [5.41, 5.74) is -1.46. The van der Waals surface area contributed by atoms with Crippen molar-refractivity contribution in [2.75, 3.05) is 6.61 Å². The Morgan fingerprint density at radius 1 is 1.10 bits per heavy atom. The summed E-state index contributed by atoms with van der Waals surface area (Å²) in [5, 5.41) is 0. The van der Waals surface area contributed by atoms with Gasteiger partial charge in [0, 0.05) is 6.42 Å². The zero-order valence-electron chi connectivity index (χ0n) is 13.3. The molecule has 0 aromatic rings. The van der Waals surface area contributed by atoms with Crippen molar-refractivity contribution >= 4 is 23.3 Å². The summed E-state index contributed by atoms with van der Waals surface area (Å²) in [6.07, 6.45) is -0.656. The first-order valence-corrected chi connectivity index (χ1v) is 7.74. The normalized spacial score (nSPS) is 23.6. The fraction of sp³-hybridized carbons (Fsp3) is 0.846. The van der Waals surface area contributed by atoms with Crippen molar-refractivity contribution in [2.45, 2.75) is 65.2 Å². The first kappa shape index (κ1) is 17.9. The quantitative estimate of drug-likeness (QED) is 0.686. The van der Waals surface area contributed by atoms with Crippen LogP contribution in [0.3, 0.4) is 0 Å². The number of hydrogen-bond acceptors (Lipinski definition) is 6. The van der Waals surface area contributed by atoms with Gasteiger partial charge in [-0.3, -0.25) is 4.18 Å². The maximum atomic E-state index is 12.2. The van der Waals surface area contributed by atoms with Gasteiger partial charge in [0.15, 0.2) is 6.04 Å². The fourth-order valence-corrected chi connectivity index (χ4v) is 2.50. The predicted octanol–water partition coefficient (Wildman–Crippen LogP) is 1.93. The third-order valence-electron chi connectivity index (χ3n) is 2.27. The lowest BCUT2D eigenvalue weighted by Crippen LogP contribution is -2.53. The molecule has 0 aromatic carbocycles.